The smallest absolute Gasteiger partial charge is 0.462 e. The van der Waals surface area contributed by atoms with E-state index in [0.717, 1.165) is 114 Å². The lowest BCUT2D eigenvalue weighted by atomic mass is 10.0. The summed E-state index contributed by atoms with van der Waals surface area (Å²) in [5.74, 6) is 0.955. The number of unbranched alkanes of at least 4 members (excludes halogenated alkanes) is 43. The van der Waals surface area contributed by atoms with E-state index in [-0.39, 0.29) is 25.7 Å². The largest absolute Gasteiger partial charge is 0.472 e. The molecule has 0 aromatic rings. The van der Waals surface area contributed by atoms with Gasteiger partial charge in [-0.2, -0.15) is 0 Å². The molecule has 0 aliphatic heterocycles. The van der Waals surface area contributed by atoms with Crippen molar-refractivity contribution in [3.63, 3.8) is 0 Å². The van der Waals surface area contributed by atoms with Gasteiger partial charge in [0.2, 0.25) is 0 Å². The minimum atomic E-state index is -4.96. The maximum Gasteiger partial charge on any atom is 0.472 e. The number of ether oxygens (including phenoxy) is 4. The zero-order valence-corrected chi connectivity index (χ0v) is 66.9. The first kappa shape index (κ1) is 97.1. The molecule has 17 nitrogen and oxygen atoms in total. The molecule has 99 heavy (non-hydrogen) atoms. The van der Waals surface area contributed by atoms with Crippen LogP contribution in [-0.2, 0) is 65.4 Å². The van der Waals surface area contributed by atoms with Gasteiger partial charge in [-0.05, 0) is 49.4 Å². The molecular formula is C80H156O17P2. The van der Waals surface area contributed by atoms with Crippen molar-refractivity contribution >= 4 is 39.5 Å². The van der Waals surface area contributed by atoms with Crippen molar-refractivity contribution in [1.29, 1.82) is 0 Å². The van der Waals surface area contributed by atoms with Crippen LogP contribution in [0.2, 0.25) is 0 Å². The lowest BCUT2D eigenvalue weighted by molar-refractivity contribution is -0.161. The van der Waals surface area contributed by atoms with Crippen LogP contribution in [0.3, 0.4) is 0 Å². The van der Waals surface area contributed by atoms with Gasteiger partial charge in [-0.3, -0.25) is 37.3 Å². The fourth-order valence-corrected chi connectivity index (χ4v) is 13.8. The van der Waals surface area contributed by atoms with Crippen molar-refractivity contribution < 1.29 is 80.2 Å². The highest BCUT2D eigenvalue weighted by Crippen LogP contribution is 2.45. The summed E-state index contributed by atoms with van der Waals surface area (Å²) < 4.78 is 68.7. The van der Waals surface area contributed by atoms with Crippen LogP contribution in [0.1, 0.15) is 409 Å². The second-order valence-corrected chi connectivity index (χ2v) is 33.6. The number of phosphoric ester groups is 2. The Hall–Kier alpha value is -1.94. The van der Waals surface area contributed by atoms with Crippen LogP contribution in [0.15, 0.2) is 0 Å². The Morgan fingerprint density at radius 3 is 0.626 bits per heavy atom. The predicted octanol–water partition coefficient (Wildman–Crippen LogP) is 23.6. The Balaban J connectivity index is 5.23. The molecule has 0 aromatic heterocycles. The predicted molar refractivity (Wildman–Crippen MR) is 404 cm³/mol. The van der Waals surface area contributed by atoms with Crippen LogP contribution in [0.4, 0.5) is 0 Å². The van der Waals surface area contributed by atoms with Crippen LogP contribution in [0.5, 0.6) is 0 Å². The number of hydrogen-bond acceptors (Lipinski definition) is 15. The Labute approximate surface area is 607 Å². The molecule has 0 aromatic carbocycles. The van der Waals surface area contributed by atoms with Crippen LogP contribution >= 0.6 is 15.6 Å². The van der Waals surface area contributed by atoms with Gasteiger partial charge in [0, 0.05) is 25.7 Å². The van der Waals surface area contributed by atoms with Gasteiger partial charge in [-0.25, -0.2) is 9.13 Å². The van der Waals surface area contributed by atoms with Gasteiger partial charge in [0.15, 0.2) is 12.2 Å². The summed E-state index contributed by atoms with van der Waals surface area (Å²) in [4.78, 5) is 73.0. The van der Waals surface area contributed by atoms with Crippen LogP contribution < -0.4 is 0 Å². The summed E-state index contributed by atoms with van der Waals surface area (Å²) in [6.45, 7) is 14.2. The highest BCUT2D eigenvalue weighted by atomic mass is 31.2. The zero-order chi connectivity index (χ0) is 73.1. The molecule has 0 bridgehead atoms. The molecule has 588 valence electrons. The molecule has 0 rings (SSSR count). The Morgan fingerprint density at radius 1 is 0.253 bits per heavy atom. The molecule has 0 aliphatic rings. The van der Waals surface area contributed by atoms with Gasteiger partial charge in [0.1, 0.15) is 19.3 Å². The van der Waals surface area contributed by atoms with Crippen LogP contribution in [-0.4, -0.2) is 96.7 Å². The Kier molecular flexibility index (Phi) is 67.8. The van der Waals surface area contributed by atoms with Gasteiger partial charge < -0.3 is 33.8 Å². The minimum Gasteiger partial charge on any atom is -0.462 e. The van der Waals surface area contributed by atoms with E-state index in [4.69, 9.17) is 37.0 Å². The number of carbonyl (C=O) groups excluding carboxylic acids is 4. The highest BCUT2D eigenvalue weighted by Gasteiger charge is 2.30. The molecule has 0 saturated carbocycles. The zero-order valence-electron chi connectivity index (χ0n) is 65.1. The number of aliphatic hydroxyl groups excluding tert-OH is 1. The number of carbonyl (C=O) groups is 4. The third kappa shape index (κ3) is 74.1. The second-order valence-electron chi connectivity index (χ2n) is 30.7. The molecule has 0 heterocycles. The lowest BCUT2D eigenvalue weighted by Crippen LogP contribution is -2.30. The average molecular weight is 1450 g/mol. The molecule has 5 atom stereocenters. The van der Waals surface area contributed by atoms with Gasteiger partial charge in [-0.15, -0.1) is 0 Å². The van der Waals surface area contributed by atoms with E-state index < -0.39 is 97.5 Å². The van der Waals surface area contributed by atoms with Crippen molar-refractivity contribution in [2.75, 3.05) is 39.6 Å². The molecule has 0 radical (unpaired) electrons. The average Bonchev–Trinajstić information content (AvgIpc) is 1.04. The summed E-state index contributed by atoms with van der Waals surface area (Å²) in [5, 5.41) is 10.6. The standard InChI is InChI=1S/C80H156O17P2/c1-70(2)56-48-40-32-25-19-14-11-9-10-12-16-23-29-37-46-54-62-79(84)97-76(67-91-78(83)61-53-45-39-31-35-43-51-59-73(7)8)69-95-99(88,89)93-65-74(81)64-92-98(86,87)94-68-75(96-80(85)63-55-47-38-30-24-18-21-27-34-42-50-58-72(5)6)66-90-77(82)60-52-44-36-28-22-17-13-15-20-26-33-41-49-57-71(3)4/h70-76,81H,9-69H2,1-8H3,(H,86,87)(H,88,89)/t74?,75-,76-/m1/s1. The fraction of sp³-hybridized carbons (Fsp3) is 0.950. The number of aliphatic hydroxyl groups is 1. The number of esters is 4. The molecule has 3 N–H and O–H groups in total. The summed E-state index contributed by atoms with van der Waals surface area (Å²) >= 11 is 0. The quantitative estimate of drug-likeness (QED) is 0.0222. The van der Waals surface area contributed by atoms with Gasteiger partial charge in [-0.1, -0.05) is 357 Å². The fourth-order valence-electron chi connectivity index (χ4n) is 12.3. The second kappa shape index (κ2) is 69.1. The van der Waals surface area contributed by atoms with Crippen molar-refractivity contribution in [3.05, 3.63) is 0 Å². The molecule has 0 aliphatic carbocycles. The first-order valence-electron chi connectivity index (χ1n) is 41.2. The molecule has 0 saturated heterocycles. The monoisotopic (exact) mass is 1450 g/mol. The third-order valence-electron chi connectivity index (χ3n) is 18.6. The molecule has 19 heteroatoms. The summed E-state index contributed by atoms with van der Waals surface area (Å²) in [5.41, 5.74) is 0. The topological polar surface area (TPSA) is 237 Å². The number of hydrogen-bond donors (Lipinski definition) is 3. The van der Waals surface area contributed by atoms with Crippen molar-refractivity contribution in [3.8, 4) is 0 Å². The molecule has 0 fully saturated rings. The van der Waals surface area contributed by atoms with E-state index in [2.05, 4.69) is 55.4 Å². The van der Waals surface area contributed by atoms with E-state index in [9.17, 15) is 43.2 Å². The van der Waals surface area contributed by atoms with Crippen molar-refractivity contribution in [1.82, 2.24) is 0 Å². The first-order valence-corrected chi connectivity index (χ1v) is 44.2. The maximum absolute atomic E-state index is 13.1. The lowest BCUT2D eigenvalue weighted by Gasteiger charge is -2.21. The van der Waals surface area contributed by atoms with Gasteiger partial charge >= 0.3 is 39.5 Å². The summed E-state index contributed by atoms with van der Waals surface area (Å²) in [7, 11) is -9.92. The summed E-state index contributed by atoms with van der Waals surface area (Å²) in [6, 6.07) is 0. The SMILES string of the molecule is CC(C)CCCCCCCCCCCCCCCCCCC(=O)O[C@H](COC(=O)CCCCCCCCCC(C)C)COP(=O)(O)OCC(O)COP(=O)(O)OC[C@@H](COC(=O)CCCCCCCCCCCCCCCC(C)C)OC(=O)CCCCCCCCCCCCCC(C)C. The molecule has 3 unspecified atom stereocenters. The Bertz CT molecular complexity index is 1940. The van der Waals surface area contributed by atoms with Crippen molar-refractivity contribution in [2.24, 2.45) is 23.7 Å². The minimum absolute atomic E-state index is 0.106. The molecule has 0 amide bonds. The van der Waals surface area contributed by atoms with Gasteiger partial charge in [0.05, 0.1) is 26.4 Å². The van der Waals surface area contributed by atoms with E-state index in [1.807, 2.05) is 0 Å². The van der Waals surface area contributed by atoms with Crippen LogP contribution in [0, 0.1) is 23.7 Å². The maximum atomic E-state index is 13.1. The van der Waals surface area contributed by atoms with E-state index in [0.29, 0.717) is 31.6 Å². The van der Waals surface area contributed by atoms with Crippen LogP contribution in [0.25, 0.3) is 0 Å². The van der Waals surface area contributed by atoms with Crippen molar-refractivity contribution in [2.45, 2.75) is 427 Å². The van der Waals surface area contributed by atoms with Gasteiger partial charge in [0.25, 0.3) is 0 Å². The third-order valence-corrected chi connectivity index (χ3v) is 20.5. The molecular weight excluding hydrogens is 1290 g/mol. The van der Waals surface area contributed by atoms with E-state index in [1.54, 1.807) is 0 Å². The van der Waals surface area contributed by atoms with E-state index in [1.165, 1.54) is 205 Å². The highest BCUT2D eigenvalue weighted by molar-refractivity contribution is 7.47. The normalized spacial score (nSPS) is 14.1. The first-order chi connectivity index (χ1) is 47.6. The van der Waals surface area contributed by atoms with E-state index >= 15 is 0 Å². The molecule has 0 spiro atoms. The summed E-state index contributed by atoms with van der Waals surface area (Å²) in [6.07, 6.45) is 55.6. The Morgan fingerprint density at radius 2 is 0.424 bits per heavy atom. The number of rotatable bonds is 77. The number of phosphoric acid groups is 2.